The highest BCUT2D eigenvalue weighted by atomic mass is 79.9. The Morgan fingerprint density at radius 1 is 1.69 bits per heavy atom. The summed E-state index contributed by atoms with van der Waals surface area (Å²) in [6, 6.07) is 2.09. The molecule has 0 fully saturated rings. The molecule has 16 heavy (non-hydrogen) atoms. The average molecular weight is 319 g/mol. The number of nitrogens with one attached hydrogen (secondary N) is 2. The van der Waals surface area contributed by atoms with Gasteiger partial charge >= 0.3 is 0 Å². The monoisotopic (exact) mass is 318 g/mol. The molecule has 0 spiro atoms. The molecular weight excluding hydrogens is 308 g/mol. The fraction of sp³-hybridized carbons (Fsp3) is 0.333. The summed E-state index contributed by atoms with van der Waals surface area (Å²) in [6.07, 6.45) is 0.842. The molecule has 2 rings (SSSR count). The molecule has 0 unspecified atom stereocenters. The maximum Gasteiger partial charge on any atom is 0.214 e. The summed E-state index contributed by atoms with van der Waals surface area (Å²) in [5.74, 6) is 0.917. The van der Waals surface area contributed by atoms with Crippen molar-refractivity contribution in [1.82, 2.24) is 14.9 Å². The van der Waals surface area contributed by atoms with Crippen LogP contribution in [0.3, 0.4) is 0 Å². The lowest BCUT2D eigenvalue weighted by molar-refractivity contribution is 0.767. The van der Waals surface area contributed by atoms with E-state index in [1.165, 1.54) is 4.88 Å². The van der Waals surface area contributed by atoms with Gasteiger partial charge in [0.25, 0.3) is 0 Å². The van der Waals surface area contributed by atoms with Crippen molar-refractivity contribution in [2.24, 2.45) is 0 Å². The molecule has 0 amide bonds. The van der Waals surface area contributed by atoms with Crippen LogP contribution in [0.4, 0.5) is 0 Å². The lowest BCUT2D eigenvalue weighted by Gasteiger charge is -2.07. The van der Waals surface area contributed by atoms with E-state index in [2.05, 4.69) is 43.0 Å². The van der Waals surface area contributed by atoms with Crippen molar-refractivity contribution >= 4 is 39.5 Å². The molecule has 0 radical (unpaired) electrons. The van der Waals surface area contributed by atoms with Crippen LogP contribution in [0.2, 0.25) is 0 Å². The molecule has 2 aromatic rings. The Morgan fingerprint density at radius 3 is 3.12 bits per heavy atom. The van der Waals surface area contributed by atoms with Crippen molar-refractivity contribution < 1.29 is 0 Å². The quantitative estimate of drug-likeness (QED) is 0.852. The highest BCUT2D eigenvalue weighted by Gasteiger charge is 2.03. The number of rotatable bonds is 4. The second-order valence-corrected chi connectivity index (χ2v) is 5.50. The van der Waals surface area contributed by atoms with E-state index in [4.69, 9.17) is 12.2 Å². The first-order valence-corrected chi connectivity index (χ1v) is 6.92. The molecule has 4 nitrogen and oxygen atoms in total. The predicted octanol–water partition coefficient (Wildman–Crippen LogP) is 3.07. The third kappa shape index (κ3) is 2.53. The summed E-state index contributed by atoms with van der Waals surface area (Å²) < 4.78 is 3.54. The topological polar surface area (TPSA) is 45.6 Å². The minimum atomic E-state index is 0.604. The maximum atomic E-state index is 5.14. The SMILES string of the molecule is CCc1n[nH]c(=S)n1NCc1cc(Br)cs1. The molecule has 0 saturated carbocycles. The minimum absolute atomic E-state index is 0.604. The number of H-pyrrole nitrogens is 1. The number of thiophene rings is 1. The molecule has 7 heteroatoms. The Hall–Kier alpha value is -0.660. The zero-order valence-corrected chi connectivity index (χ0v) is 11.9. The predicted molar refractivity (Wildman–Crippen MR) is 71.9 cm³/mol. The zero-order chi connectivity index (χ0) is 11.5. The van der Waals surface area contributed by atoms with E-state index in [1.807, 2.05) is 11.6 Å². The number of aromatic nitrogens is 3. The van der Waals surface area contributed by atoms with Gasteiger partial charge in [0.2, 0.25) is 4.77 Å². The normalized spacial score (nSPS) is 10.6. The molecule has 0 atom stereocenters. The van der Waals surface area contributed by atoms with Crippen molar-refractivity contribution in [1.29, 1.82) is 0 Å². The van der Waals surface area contributed by atoms with Gasteiger partial charge in [0, 0.05) is 21.2 Å². The van der Waals surface area contributed by atoms with Crippen LogP contribution in [0.25, 0.3) is 0 Å². The van der Waals surface area contributed by atoms with E-state index < -0.39 is 0 Å². The zero-order valence-electron chi connectivity index (χ0n) is 8.66. The second-order valence-electron chi connectivity index (χ2n) is 3.20. The Balaban J connectivity index is 2.09. The Bertz CT molecular complexity index is 528. The molecule has 2 aromatic heterocycles. The first-order valence-electron chi connectivity index (χ1n) is 4.83. The van der Waals surface area contributed by atoms with Gasteiger partial charge in [0.15, 0.2) is 5.82 Å². The standard InChI is InChI=1S/C9H11BrN4S2/c1-2-8-12-13-9(15)14(8)11-4-7-3-6(10)5-16-7/h3,5,11H,2,4H2,1H3,(H,13,15). The number of hydrogen-bond acceptors (Lipinski definition) is 4. The molecule has 86 valence electrons. The van der Waals surface area contributed by atoms with Gasteiger partial charge < -0.3 is 5.43 Å². The molecule has 2 heterocycles. The third-order valence-corrected chi connectivity index (χ3v) is 4.06. The van der Waals surface area contributed by atoms with Crippen molar-refractivity contribution in [3.63, 3.8) is 0 Å². The fourth-order valence-electron chi connectivity index (χ4n) is 1.33. The van der Waals surface area contributed by atoms with Gasteiger partial charge in [0.1, 0.15) is 0 Å². The van der Waals surface area contributed by atoms with Crippen molar-refractivity contribution in [3.8, 4) is 0 Å². The number of aromatic amines is 1. The molecule has 0 aliphatic carbocycles. The molecular formula is C9H11BrN4S2. The summed E-state index contributed by atoms with van der Waals surface area (Å²) in [5, 5.41) is 8.97. The summed E-state index contributed by atoms with van der Waals surface area (Å²) in [7, 11) is 0. The van der Waals surface area contributed by atoms with Crippen molar-refractivity contribution in [3.05, 3.63) is 31.4 Å². The van der Waals surface area contributed by atoms with E-state index in [0.717, 1.165) is 23.3 Å². The Labute approximate surface area is 111 Å². The Kier molecular flexibility index (Phi) is 3.78. The number of halogens is 1. The minimum Gasteiger partial charge on any atom is -0.317 e. The molecule has 0 bridgehead atoms. The van der Waals surface area contributed by atoms with Gasteiger partial charge in [-0.05, 0) is 34.2 Å². The van der Waals surface area contributed by atoms with Gasteiger partial charge in [-0.2, -0.15) is 5.10 Å². The largest absolute Gasteiger partial charge is 0.317 e. The van der Waals surface area contributed by atoms with Gasteiger partial charge in [-0.25, -0.2) is 4.68 Å². The van der Waals surface area contributed by atoms with Gasteiger partial charge in [0.05, 0.1) is 6.54 Å². The van der Waals surface area contributed by atoms with Gasteiger partial charge in [-0.15, -0.1) is 11.3 Å². The van der Waals surface area contributed by atoms with E-state index >= 15 is 0 Å². The summed E-state index contributed by atoms with van der Waals surface area (Å²) in [6.45, 7) is 2.79. The Morgan fingerprint density at radius 2 is 2.50 bits per heavy atom. The highest BCUT2D eigenvalue weighted by molar-refractivity contribution is 9.10. The molecule has 2 N–H and O–H groups in total. The summed E-state index contributed by atoms with van der Waals surface area (Å²) in [4.78, 5) is 1.25. The molecule has 0 aliphatic heterocycles. The van der Waals surface area contributed by atoms with Crippen LogP contribution in [0.5, 0.6) is 0 Å². The second kappa shape index (κ2) is 5.11. The van der Waals surface area contributed by atoms with E-state index in [-0.39, 0.29) is 0 Å². The van der Waals surface area contributed by atoms with Crippen molar-refractivity contribution in [2.75, 3.05) is 5.43 Å². The highest BCUT2D eigenvalue weighted by Crippen LogP contribution is 2.19. The van der Waals surface area contributed by atoms with Crippen LogP contribution in [-0.2, 0) is 13.0 Å². The molecule has 0 aliphatic rings. The molecule has 0 aromatic carbocycles. The van der Waals surface area contributed by atoms with Crippen LogP contribution < -0.4 is 5.43 Å². The van der Waals surface area contributed by atoms with Crippen LogP contribution in [-0.4, -0.2) is 14.9 Å². The number of hydrogen-bond donors (Lipinski definition) is 2. The maximum absolute atomic E-state index is 5.14. The lowest BCUT2D eigenvalue weighted by atomic mass is 10.4. The van der Waals surface area contributed by atoms with Crippen LogP contribution in [0.15, 0.2) is 15.9 Å². The first-order chi connectivity index (χ1) is 7.70. The third-order valence-electron chi connectivity index (χ3n) is 2.09. The first kappa shape index (κ1) is 11.8. The van der Waals surface area contributed by atoms with E-state index in [1.54, 1.807) is 11.3 Å². The van der Waals surface area contributed by atoms with Crippen molar-refractivity contribution in [2.45, 2.75) is 19.9 Å². The summed E-state index contributed by atoms with van der Waals surface area (Å²) in [5.41, 5.74) is 3.25. The lowest BCUT2D eigenvalue weighted by Crippen LogP contribution is -2.16. The van der Waals surface area contributed by atoms with Gasteiger partial charge in [-0.3, -0.25) is 5.10 Å². The van der Waals surface area contributed by atoms with Crippen LogP contribution >= 0.6 is 39.5 Å². The number of nitrogens with zero attached hydrogens (tertiary/aromatic N) is 2. The smallest absolute Gasteiger partial charge is 0.214 e. The average Bonchev–Trinajstić information content (AvgIpc) is 2.82. The number of aryl methyl sites for hydroxylation is 1. The van der Waals surface area contributed by atoms with E-state index in [9.17, 15) is 0 Å². The summed E-state index contributed by atoms with van der Waals surface area (Å²) >= 11 is 10.3. The van der Waals surface area contributed by atoms with Crippen LogP contribution in [0.1, 0.15) is 17.6 Å². The van der Waals surface area contributed by atoms with Gasteiger partial charge in [-0.1, -0.05) is 6.92 Å². The van der Waals surface area contributed by atoms with Crippen LogP contribution in [0, 0.1) is 4.77 Å². The fourth-order valence-corrected chi connectivity index (χ4v) is 2.93. The molecule has 0 saturated heterocycles. The van der Waals surface area contributed by atoms with E-state index in [0.29, 0.717) is 4.77 Å².